The lowest BCUT2D eigenvalue weighted by Crippen LogP contribution is -2.39. The van der Waals surface area contributed by atoms with E-state index in [1.807, 2.05) is 61.5 Å². The maximum Gasteiger partial charge on any atom is 0.225 e. The Balaban J connectivity index is 0.00000341. The summed E-state index contributed by atoms with van der Waals surface area (Å²) in [5.41, 5.74) is 3.05. The lowest BCUT2D eigenvalue weighted by molar-refractivity contribution is -0.121. The smallest absolute Gasteiger partial charge is 0.225 e. The van der Waals surface area contributed by atoms with Gasteiger partial charge < -0.3 is 21.3 Å². The van der Waals surface area contributed by atoms with Crippen molar-refractivity contribution in [2.24, 2.45) is 4.99 Å². The van der Waals surface area contributed by atoms with Gasteiger partial charge in [-0.15, -0.1) is 24.0 Å². The summed E-state index contributed by atoms with van der Waals surface area (Å²) in [6.07, 6.45) is 0.772. The molecule has 166 valence electrons. The SMILES string of the molecule is CCNC(=NCC1CC(=O)Nc2ccccc21)NCCC(=O)NCc1ccccc1.I. The van der Waals surface area contributed by atoms with Crippen molar-refractivity contribution in [1.29, 1.82) is 0 Å². The number of nitrogens with one attached hydrogen (secondary N) is 4. The van der Waals surface area contributed by atoms with Crippen molar-refractivity contribution >= 4 is 47.4 Å². The molecule has 2 amide bonds. The van der Waals surface area contributed by atoms with Crippen LogP contribution in [0.1, 0.15) is 36.8 Å². The number of rotatable bonds is 8. The number of nitrogens with zero attached hydrogens (tertiary/aromatic N) is 1. The van der Waals surface area contributed by atoms with Crippen molar-refractivity contribution in [3.8, 4) is 0 Å². The largest absolute Gasteiger partial charge is 0.357 e. The average molecular weight is 535 g/mol. The normalized spacial score (nSPS) is 15.2. The van der Waals surface area contributed by atoms with Gasteiger partial charge in [0.15, 0.2) is 5.96 Å². The summed E-state index contributed by atoms with van der Waals surface area (Å²) in [4.78, 5) is 28.7. The molecular weight excluding hydrogens is 505 g/mol. The first-order chi connectivity index (χ1) is 14.7. The van der Waals surface area contributed by atoms with E-state index >= 15 is 0 Å². The molecule has 31 heavy (non-hydrogen) atoms. The maximum absolute atomic E-state index is 12.1. The standard InChI is InChI=1S/C23H29N5O2.HI/c1-2-24-23(25-13-12-21(29)26-15-17-8-4-3-5-9-17)27-16-18-14-22(30)28-20-11-7-6-10-19(18)20;/h3-11,18H,2,12-16H2,1H3,(H,26,29)(H,28,30)(H2,24,25,27);1H. The molecule has 8 heteroatoms. The van der Waals surface area contributed by atoms with Gasteiger partial charge in [0.1, 0.15) is 0 Å². The van der Waals surface area contributed by atoms with E-state index in [2.05, 4.69) is 26.3 Å². The molecule has 0 radical (unpaired) electrons. The molecular formula is C23H30IN5O2. The third kappa shape index (κ3) is 7.86. The van der Waals surface area contributed by atoms with Gasteiger partial charge in [-0.2, -0.15) is 0 Å². The summed E-state index contributed by atoms with van der Waals surface area (Å²) in [7, 11) is 0. The number of hydrogen-bond acceptors (Lipinski definition) is 3. The second-order valence-corrected chi connectivity index (χ2v) is 7.20. The number of para-hydroxylation sites is 1. The van der Waals surface area contributed by atoms with Crippen LogP contribution < -0.4 is 21.3 Å². The molecule has 0 aliphatic carbocycles. The van der Waals surface area contributed by atoms with E-state index in [1.165, 1.54) is 0 Å². The summed E-state index contributed by atoms with van der Waals surface area (Å²) in [6, 6.07) is 17.7. The van der Waals surface area contributed by atoms with E-state index in [0.717, 1.165) is 16.8 Å². The van der Waals surface area contributed by atoms with Gasteiger partial charge in [-0.25, -0.2) is 0 Å². The predicted molar refractivity (Wildman–Crippen MR) is 135 cm³/mol. The number of guanidine groups is 1. The van der Waals surface area contributed by atoms with Gasteiger partial charge in [-0.05, 0) is 24.1 Å². The van der Waals surface area contributed by atoms with Crippen molar-refractivity contribution in [2.75, 3.05) is 25.0 Å². The summed E-state index contributed by atoms with van der Waals surface area (Å²) in [5.74, 6) is 0.693. The van der Waals surface area contributed by atoms with Crippen molar-refractivity contribution in [2.45, 2.75) is 32.2 Å². The van der Waals surface area contributed by atoms with E-state index in [4.69, 9.17) is 0 Å². The minimum atomic E-state index is -0.0138. The van der Waals surface area contributed by atoms with Gasteiger partial charge in [0, 0.05) is 44.1 Å². The number of carbonyl (C=O) groups is 2. The topological polar surface area (TPSA) is 94.6 Å². The highest BCUT2D eigenvalue weighted by Crippen LogP contribution is 2.31. The first-order valence-corrected chi connectivity index (χ1v) is 10.4. The van der Waals surface area contributed by atoms with Crippen molar-refractivity contribution in [3.05, 3.63) is 65.7 Å². The molecule has 1 aliphatic heterocycles. The molecule has 0 saturated carbocycles. The third-order valence-corrected chi connectivity index (χ3v) is 4.90. The average Bonchev–Trinajstić information content (AvgIpc) is 2.76. The van der Waals surface area contributed by atoms with Crippen LogP contribution >= 0.6 is 24.0 Å². The molecule has 1 heterocycles. The van der Waals surface area contributed by atoms with E-state index in [1.54, 1.807) is 0 Å². The summed E-state index contributed by atoms with van der Waals surface area (Å²) in [5, 5.41) is 12.2. The predicted octanol–water partition coefficient (Wildman–Crippen LogP) is 2.99. The molecule has 0 aromatic heterocycles. The molecule has 0 bridgehead atoms. The second-order valence-electron chi connectivity index (χ2n) is 7.20. The quantitative estimate of drug-likeness (QED) is 0.238. The monoisotopic (exact) mass is 535 g/mol. The van der Waals surface area contributed by atoms with Gasteiger partial charge >= 0.3 is 0 Å². The van der Waals surface area contributed by atoms with Crippen LogP contribution in [0.5, 0.6) is 0 Å². The number of fused-ring (bicyclic) bond motifs is 1. The maximum atomic E-state index is 12.1. The zero-order valence-electron chi connectivity index (χ0n) is 17.7. The zero-order valence-corrected chi connectivity index (χ0v) is 20.0. The summed E-state index contributed by atoms with van der Waals surface area (Å²) < 4.78 is 0. The second kappa shape index (κ2) is 12.9. The Kier molecular flexibility index (Phi) is 10.3. The molecule has 2 aromatic rings. The molecule has 1 unspecified atom stereocenters. The van der Waals surface area contributed by atoms with Crippen LogP contribution in [0.3, 0.4) is 0 Å². The number of carbonyl (C=O) groups excluding carboxylic acids is 2. The number of halogens is 1. The van der Waals surface area contributed by atoms with Gasteiger partial charge in [-0.3, -0.25) is 14.6 Å². The fourth-order valence-electron chi connectivity index (χ4n) is 3.39. The van der Waals surface area contributed by atoms with Gasteiger partial charge in [-0.1, -0.05) is 48.5 Å². The Morgan fingerprint density at radius 2 is 1.81 bits per heavy atom. The molecule has 1 aliphatic rings. The van der Waals surface area contributed by atoms with Crippen molar-refractivity contribution in [1.82, 2.24) is 16.0 Å². The van der Waals surface area contributed by atoms with E-state index in [-0.39, 0.29) is 41.7 Å². The molecule has 7 nitrogen and oxygen atoms in total. The zero-order chi connectivity index (χ0) is 21.2. The molecule has 0 spiro atoms. The van der Waals surface area contributed by atoms with E-state index in [0.29, 0.717) is 45.0 Å². The van der Waals surface area contributed by atoms with Crippen LogP contribution in [0, 0.1) is 0 Å². The first kappa shape index (κ1) is 24.6. The third-order valence-electron chi connectivity index (χ3n) is 4.90. The van der Waals surface area contributed by atoms with Crippen LogP contribution in [0.15, 0.2) is 59.6 Å². The molecule has 3 rings (SSSR count). The van der Waals surface area contributed by atoms with Gasteiger partial charge in [0.2, 0.25) is 11.8 Å². The van der Waals surface area contributed by atoms with E-state index in [9.17, 15) is 9.59 Å². The Labute approximate surface area is 200 Å². The molecule has 1 atom stereocenters. The fourth-order valence-corrected chi connectivity index (χ4v) is 3.39. The Hall–Kier alpha value is -2.62. The molecule has 2 aromatic carbocycles. The number of aliphatic imine (C=N–C) groups is 1. The highest BCUT2D eigenvalue weighted by Gasteiger charge is 2.24. The number of anilines is 1. The summed E-state index contributed by atoms with van der Waals surface area (Å²) >= 11 is 0. The van der Waals surface area contributed by atoms with Gasteiger partial charge in [0.25, 0.3) is 0 Å². The summed E-state index contributed by atoms with van der Waals surface area (Å²) in [6.45, 7) is 4.21. The van der Waals surface area contributed by atoms with Crippen LogP contribution in [0.4, 0.5) is 5.69 Å². The van der Waals surface area contributed by atoms with Crippen LogP contribution in [0.25, 0.3) is 0 Å². The fraction of sp³-hybridized carbons (Fsp3) is 0.348. The Morgan fingerprint density at radius 1 is 1.06 bits per heavy atom. The molecule has 0 saturated heterocycles. The molecule has 4 N–H and O–H groups in total. The molecule has 0 fully saturated rings. The van der Waals surface area contributed by atoms with Gasteiger partial charge in [0.05, 0.1) is 6.54 Å². The van der Waals surface area contributed by atoms with Crippen LogP contribution in [0.2, 0.25) is 0 Å². The van der Waals surface area contributed by atoms with E-state index < -0.39 is 0 Å². The Morgan fingerprint density at radius 3 is 2.58 bits per heavy atom. The minimum absolute atomic E-state index is 0. The van der Waals surface area contributed by atoms with Crippen molar-refractivity contribution < 1.29 is 9.59 Å². The highest BCUT2D eigenvalue weighted by atomic mass is 127. The lowest BCUT2D eigenvalue weighted by Gasteiger charge is -2.24. The van der Waals surface area contributed by atoms with Crippen LogP contribution in [-0.2, 0) is 16.1 Å². The number of amides is 2. The van der Waals surface area contributed by atoms with Crippen LogP contribution in [-0.4, -0.2) is 37.4 Å². The number of benzene rings is 2. The Bertz CT molecular complexity index is 889. The number of hydrogen-bond donors (Lipinski definition) is 4. The minimum Gasteiger partial charge on any atom is -0.357 e. The lowest BCUT2D eigenvalue weighted by atomic mass is 9.91. The first-order valence-electron chi connectivity index (χ1n) is 10.4. The highest BCUT2D eigenvalue weighted by molar-refractivity contribution is 14.0. The van der Waals surface area contributed by atoms with Crippen molar-refractivity contribution in [3.63, 3.8) is 0 Å².